The fourth-order valence-electron chi connectivity index (χ4n) is 4.36. The van der Waals surface area contributed by atoms with E-state index in [1.165, 1.54) is 11.2 Å². The van der Waals surface area contributed by atoms with E-state index >= 15 is 0 Å². The second kappa shape index (κ2) is 8.83. The zero-order valence-electron chi connectivity index (χ0n) is 17.5. The minimum absolute atomic E-state index is 0.0350. The molecule has 2 amide bonds. The van der Waals surface area contributed by atoms with Gasteiger partial charge < -0.3 is 10.2 Å². The topological polar surface area (TPSA) is 86.8 Å². The number of carbonyl (C=O) groups excluding carboxylic acids is 2. The minimum atomic E-state index is -3.53. The van der Waals surface area contributed by atoms with Crippen molar-refractivity contribution in [2.75, 3.05) is 26.2 Å². The summed E-state index contributed by atoms with van der Waals surface area (Å²) in [4.78, 5) is 26.3. The Morgan fingerprint density at radius 3 is 2.17 bits per heavy atom. The van der Waals surface area contributed by atoms with Crippen LogP contribution in [-0.4, -0.2) is 61.7 Å². The predicted molar refractivity (Wildman–Crippen MR) is 111 cm³/mol. The van der Waals surface area contributed by atoms with Crippen LogP contribution in [0.15, 0.2) is 23.1 Å². The molecule has 1 N–H and O–H groups in total. The van der Waals surface area contributed by atoms with Crippen LogP contribution in [0.3, 0.4) is 0 Å². The SMILES string of the molecule is CC(=O)NC1CCN(C(=O)C2CCN(S(=O)(=O)c3ccc(C)cc3C)CC2)CC1. The standard InChI is InChI=1S/C21H31N3O4S/c1-15-4-5-20(16(2)14-15)29(27,28)24-12-6-18(7-13-24)21(26)23-10-8-19(9-11-23)22-17(3)25/h4-5,14,18-19H,6-13H2,1-3H3,(H,22,25). The molecule has 8 heteroatoms. The van der Waals surface area contributed by atoms with E-state index in [1.54, 1.807) is 6.07 Å². The highest BCUT2D eigenvalue weighted by Crippen LogP contribution is 2.27. The van der Waals surface area contributed by atoms with Gasteiger partial charge in [0, 0.05) is 45.1 Å². The number of hydrogen-bond acceptors (Lipinski definition) is 4. The van der Waals surface area contributed by atoms with E-state index in [4.69, 9.17) is 0 Å². The van der Waals surface area contributed by atoms with Crippen molar-refractivity contribution in [3.63, 3.8) is 0 Å². The molecule has 0 bridgehead atoms. The lowest BCUT2D eigenvalue weighted by Crippen LogP contribution is -2.49. The maximum absolute atomic E-state index is 13.0. The molecule has 29 heavy (non-hydrogen) atoms. The summed E-state index contributed by atoms with van der Waals surface area (Å²) >= 11 is 0. The van der Waals surface area contributed by atoms with Gasteiger partial charge in [-0.05, 0) is 51.2 Å². The smallest absolute Gasteiger partial charge is 0.243 e. The summed E-state index contributed by atoms with van der Waals surface area (Å²) < 4.78 is 27.5. The number of benzene rings is 1. The van der Waals surface area contributed by atoms with Gasteiger partial charge in [-0.1, -0.05) is 17.7 Å². The normalized spacial score (nSPS) is 19.9. The largest absolute Gasteiger partial charge is 0.353 e. The molecule has 2 heterocycles. The number of nitrogens with one attached hydrogen (secondary N) is 1. The van der Waals surface area contributed by atoms with Gasteiger partial charge in [0.05, 0.1) is 4.90 Å². The van der Waals surface area contributed by atoms with E-state index in [9.17, 15) is 18.0 Å². The molecule has 3 rings (SSSR count). The average Bonchev–Trinajstić information content (AvgIpc) is 2.67. The highest BCUT2D eigenvalue weighted by Gasteiger charge is 2.35. The molecule has 2 saturated heterocycles. The molecular formula is C21H31N3O4S. The van der Waals surface area contributed by atoms with Crippen LogP contribution in [0.2, 0.25) is 0 Å². The first-order valence-corrected chi connectivity index (χ1v) is 11.8. The lowest BCUT2D eigenvalue weighted by atomic mass is 9.95. The summed E-state index contributed by atoms with van der Waals surface area (Å²) in [7, 11) is -3.53. The number of rotatable bonds is 4. The summed E-state index contributed by atoms with van der Waals surface area (Å²) in [6.45, 7) is 7.30. The van der Waals surface area contributed by atoms with Gasteiger partial charge in [0.1, 0.15) is 0 Å². The van der Waals surface area contributed by atoms with Crippen molar-refractivity contribution in [3.05, 3.63) is 29.3 Å². The summed E-state index contributed by atoms with van der Waals surface area (Å²) in [5.41, 5.74) is 1.79. The van der Waals surface area contributed by atoms with Gasteiger partial charge in [0.15, 0.2) is 0 Å². The van der Waals surface area contributed by atoms with Crippen molar-refractivity contribution in [1.82, 2.24) is 14.5 Å². The summed E-state index contributed by atoms with van der Waals surface area (Å²) in [5.74, 6) is -0.0418. The van der Waals surface area contributed by atoms with Gasteiger partial charge in [-0.2, -0.15) is 4.31 Å². The Kier molecular flexibility index (Phi) is 6.63. The molecule has 7 nitrogen and oxygen atoms in total. The Bertz CT molecular complexity index is 868. The van der Waals surface area contributed by atoms with Gasteiger partial charge in [-0.3, -0.25) is 9.59 Å². The number of sulfonamides is 1. The van der Waals surface area contributed by atoms with Crippen molar-refractivity contribution in [1.29, 1.82) is 0 Å². The van der Waals surface area contributed by atoms with Crippen molar-refractivity contribution in [2.45, 2.75) is 57.4 Å². The predicted octanol–water partition coefficient (Wildman–Crippen LogP) is 1.83. The third-order valence-corrected chi connectivity index (χ3v) is 8.02. The van der Waals surface area contributed by atoms with Crippen LogP contribution in [-0.2, 0) is 19.6 Å². The zero-order chi connectivity index (χ0) is 21.2. The second-order valence-corrected chi connectivity index (χ2v) is 10.2. The quantitative estimate of drug-likeness (QED) is 0.804. The first-order chi connectivity index (χ1) is 13.7. The van der Waals surface area contributed by atoms with Crippen molar-refractivity contribution < 1.29 is 18.0 Å². The number of aryl methyl sites for hydroxylation is 2. The van der Waals surface area contributed by atoms with E-state index < -0.39 is 10.0 Å². The zero-order valence-corrected chi connectivity index (χ0v) is 18.3. The lowest BCUT2D eigenvalue weighted by Gasteiger charge is -2.37. The van der Waals surface area contributed by atoms with E-state index in [0.717, 1.165) is 24.0 Å². The monoisotopic (exact) mass is 421 g/mol. The van der Waals surface area contributed by atoms with E-state index in [2.05, 4.69) is 5.32 Å². The first kappa shape index (κ1) is 21.8. The van der Waals surface area contributed by atoms with Crippen molar-refractivity contribution in [3.8, 4) is 0 Å². The van der Waals surface area contributed by atoms with Crippen LogP contribution in [0.5, 0.6) is 0 Å². The third kappa shape index (κ3) is 4.98. The number of carbonyl (C=O) groups is 2. The van der Waals surface area contributed by atoms with Crippen LogP contribution >= 0.6 is 0 Å². The Morgan fingerprint density at radius 1 is 1.00 bits per heavy atom. The van der Waals surface area contributed by atoms with Gasteiger partial charge in [-0.15, -0.1) is 0 Å². The molecule has 0 atom stereocenters. The Balaban J connectivity index is 1.56. The van der Waals surface area contributed by atoms with Gasteiger partial charge in [0.25, 0.3) is 0 Å². The average molecular weight is 422 g/mol. The molecule has 1 aromatic carbocycles. The summed E-state index contributed by atoms with van der Waals surface area (Å²) in [6.07, 6.45) is 2.64. The molecule has 2 aliphatic heterocycles. The first-order valence-electron chi connectivity index (χ1n) is 10.3. The number of nitrogens with zero attached hydrogens (tertiary/aromatic N) is 2. The van der Waals surface area contributed by atoms with E-state index in [-0.39, 0.29) is 23.8 Å². The molecule has 0 spiro atoms. The lowest BCUT2D eigenvalue weighted by molar-refractivity contribution is -0.137. The molecular weight excluding hydrogens is 390 g/mol. The van der Waals surface area contributed by atoms with Gasteiger partial charge >= 0.3 is 0 Å². The molecule has 160 valence electrons. The summed E-state index contributed by atoms with van der Waals surface area (Å²) in [5, 5.41) is 2.92. The van der Waals surface area contributed by atoms with Crippen molar-refractivity contribution in [2.24, 2.45) is 5.92 Å². The molecule has 1 aromatic rings. The molecule has 2 fully saturated rings. The van der Waals surface area contributed by atoms with E-state index in [0.29, 0.717) is 43.9 Å². The molecule has 0 radical (unpaired) electrons. The second-order valence-electron chi connectivity index (χ2n) is 8.25. The highest BCUT2D eigenvalue weighted by molar-refractivity contribution is 7.89. The molecule has 0 saturated carbocycles. The number of likely N-dealkylation sites (tertiary alicyclic amines) is 1. The number of amides is 2. The van der Waals surface area contributed by atoms with Crippen LogP contribution in [0.4, 0.5) is 0 Å². The summed E-state index contributed by atoms with van der Waals surface area (Å²) in [6, 6.07) is 5.52. The Labute approximate surface area is 173 Å². The van der Waals surface area contributed by atoms with Crippen LogP contribution < -0.4 is 5.32 Å². The Morgan fingerprint density at radius 2 is 1.62 bits per heavy atom. The maximum atomic E-state index is 13.0. The minimum Gasteiger partial charge on any atom is -0.353 e. The van der Waals surface area contributed by atoms with Gasteiger partial charge in [-0.25, -0.2) is 8.42 Å². The molecule has 0 unspecified atom stereocenters. The fourth-order valence-corrected chi connectivity index (χ4v) is 6.04. The Hall–Kier alpha value is -1.93. The van der Waals surface area contributed by atoms with Crippen LogP contribution in [0.25, 0.3) is 0 Å². The highest BCUT2D eigenvalue weighted by atomic mass is 32.2. The molecule has 0 aromatic heterocycles. The molecule has 0 aliphatic carbocycles. The number of piperidine rings is 2. The number of hydrogen-bond donors (Lipinski definition) is 1. The fraction of sp³-hybridized carbons (Fsp3) is 0.619. The molecule has 2 aliphatic rings. The maximum Gasteiger partial charge on any atom is 0.243 e. The van der Waals surface area contributed by atoms with Crippen molar-refractivity contribution >= 4 is 21.8 Å². The van der Waals surface area contributed by atoms with E-state index in [1.807, 2.05) is 30.9 Å². The third-order valence-electron chi connectivity index (χ3n) is 5.97. The van der Waals surface area contributed by atoms with Crippen LogP contribution in [0.1, 0.15) is 43.7 Å². The van der Waals surface area contributed by atoms with Gasteiger partial charge in [0.2, 0.25) is 21.8 Å². The van der Waals surface area contributed by atoms with Crippen LogP contribution in [0, 0.1) is 19.8 Å².